The van der Waals surface area contributed by atoms with Gasteiger partial charge in [-0.15, -0.1) is 0 Å². The predicted octanol–water partition coefficient (Wildman–Crippen LogP) is 6.69. The van der Waals surface area contributed by atoms with Crippen molar-refractivity contribution in [3.05, 3.63) is 0 Å². The van der Waals surface area contributed by atoms with Crippen molar-refractivity contribution >= 4 is 0 Å². The average molecular weight is 230 g/mol. The highest BCUT2D eigenvalue weighted by Gasteiger charge is 2.15. The fraction of sp³-hybridized carbons (Fsp3) is 1.00. The SMILES string of the molecule is CC.CC.CCCC(CCC)C(CC)CC. The molecule has 0 saturated heterocycles. The first kappa shape index (κ1) is 21.3. The van der Waals surface area contributed by atoms with Crippen LogP contribution in [0.3, 0.4) is 0 Å². The molecule has 0 atom stereocenters. The predicted molar refractivity (Wildman–Crippen MR) is 80.1 cm³/mol. The summed E-state index contributed by atoms with van der Waals surface area (Å²) in [4.78, 5) is 0. The summed E-state index contributed by atoms with van der Waals surface area (Å²) in [5.74, 6) is 2.00. The van der Waals surface area contributed by atoms with E-state index in [0.717, 1.165) is 11.8 Å². The Bertz CT molecular complexity index is 76.0. The van der Waals surface area contributed by atoms with Crippen molar-refractivity contribution in [1.29, 1.82) is 0 Å². The van der Waals surface area contributed by atoms with E-state index in [0.29, 0.717) is 0 Å². The summed E-state index contributed by atoms with van der Waals surface area (Å²) in [6, 6.07) is 0. The molecule has 0 rings (SSSR count). The summed E-state index contributed by atoms with van der Waals surface area (Å²) in [5, 5.41) is 0. The third kappa shape index (κ3) is 12.1. The molecule has 16 heavy (non-hydrogen) atoms. The Kier molecular flexibility index (Phi) is 27.2. The van der Waals surface area contributed by atoms with Gasteiger partial charge in [-0.1, -0.05) is 93.9 Å². The van der Waals surface area contributed by atoms with Crippen LogP contribution in [0.2, 0.25) is 0 Å². The van der Waals surface area contributed by atoms with Gasteiger partial charge in [-0.2, -0.15) is 0 Å². The standard InChI is InChI=1S/C12H26.2C2H6/c1-5-9-12(10-6-2)11(7-3)8-4;2*1-2/h11-12H,5-10H2,1-4H3;2*1-2H3. The molecule has 0 heterocycles. The van der Waals surface area contributed by atoms with Gasteiger partial charge in [0.1, 0.15) is 0 Å². The zero-order chi connectivity index (χ0) is 13.4. The highest BCUT2D eigenvalue weighted by Crippen LogP contribution is 2.27. The third-order valence-corrected chi connectivity index (χ3v) is 3.03. The van der Waals surface area contributed by atoms with Crippen LogP contribution < -0.4 is 0 Å². The van der Waals surface area contributed by atoms with E-state index in [2.05, 4.69) is 27.7 Å². The Hall–Kier alpha value is 0. The first-order valence-electron chi connectivity index (χ1n) is 7.79. The van der Waals surface area contributed by atoms with Gasteiger partial charge in [0.05, 0.1) is 0 Å². The van der Waals surface area contributed by atoms with Gasteiger partial charge in [0.25, 0.3) is 0 Å². The lowest BCUT2D eigenvalue weighted by Crippen LogP contribution is -2.13. The molecule has 0 spiro atoms. The van der Waals surface area contributed by atoms with E-state index in [1.165, 1.54) is 38.5 Å². The van der Waals surface area contributed by atoms with Gasteiger partial charge in [-0.25, -0.2) is 0 Å². The maximum Gasteiger partial charge on any atom is -0.0386 e. The summed E-state index contributed by atoms with van der Waals surface area (Å²) in [7, 11) is 0. The lowest BCUT2D eigenvalue weighted by atomic mass is 9.82. The Morgan fingerprint density at radius 3 is 1.06 bits per heavy atom. The molecule has 0 unspecified atom stereocenters. The van der Waals surface area contributed by atoms with Crippen LogP contribution in [0.1, 0.15) is 93.9 Å². The third-order valence-electron chi connectivity index (χ3n) is 3.03. The number of hydrogen-bond donors (Lipinski definition) is 0. The van der Waals surface area contributed by atoms with Gasteiger partial charge in [0.15, 0.2) is 0 Å². The Morgan fingerprint density at radius 1 is 0.562 bits per heavy atom. The number of hydrogen-bond acceptors (Lipinski definition) is 0. The van der Waals surface area contributed by atoms with E-state index >= 15 is 0 Å². The molecular weight excluding hydrogens is 192 g/mol. The maximum absolute atomic E-state index is 2.34. The molecule has 0 nitrogen and oxygen atoms in total. The maximum atomic E-state index is 2.34. The molecule has 0 aliphatic rings. The molecule has 0 fully saturated rings. The topological polar surface area (TPSA) is 0 Å². The van der Waals surface area contributed by atoms with E-state index in [4.69, 9.17) is 0 Å². The minimum absolute atomic E-state index is 0.991. The van der Waals surface area contributed by atoms with Crippen LogP contribution in [0.4, 0.5) is 0 Å². The van der Waals surface area contributed by atoms with E-state index in [1.807, 2.05) is 27.7 Å². The second-order valence-electron chi connectivity index (χ2n) is 3.91. The molecule has 0 aromatic heterocycles. The van der Waals surface area contributed by atoms with Crippen LogP contribution in [0.15, 0.2) is 0 Å². The van der Waals surface area contributed by atoms with Crippen LogP contribution in [-0.2, 0) is 0 Å². The molecule has 102 valence electrons. The monoisotopic (exact) mass is 230 g/mol. The molecule has 0 aromatic rings. The fourth-order valence-corrected chi connectivity index (χ4v) is 2.31. The molecule has 0 aliphatic carbocycles. The smallest absolute Gasteiger partial charge is 0.0386 e. The summed E-state index contributed by atoms with van der Waals surface area (Å²) in [5.41, 5.74) is 0. The summed E-state index contributed by atoms with van der Waals surface area (Å²) in [6.07, 6.45) is 8.37. The van der Waals surface area contributed by atoms with Crippen LogP contribution in [0, 0.1) is 11.8 Å². The van der Waals surface area contributed by atoms with Crippen LogP contribution in [0.25, 0.3) is 0 Å². The van der Waals surface area contributed by atoms with Gasteiger partial charge in [-0.3, -0.25) is 0 Å². The molecule has 0 heteroatoms. The molecule has 0 radical (unpaired) electrons. The second kappa shape index (κ2) is 20.4. The zero-order valence-corrected chi connectivity index (χ0v) is 13.4. The number of rotatable bonds is 7. The fourth-order valence-electron chi connectivity index (χ4n) is 2.31. The van der Waals surface area contributed by atoms with E-state index < -0.39 is 0 Å². The first-order chi connectivity index (χ1) is 7.79. The van der Waals surface area contributed by atoms with Crippen molar-refractivity contribution in [2.45, 2.75) is 93.9 Å². The highest BCUT2D eigenvalue weighted by molar-refractivity contribution is 4.67. The molecule has 0 aliphatic heterocycles. The van der Waals surface area contributed by atoms with Crippen molar-refractivity contribution < 1.29 is 0 Å². The highest BCUT2D eigenvalue weighted by atomic mass is 14.2. The van der Waals surface area contributed by atoms with Gasteiger partial charge in [-0.05, 0) is 11.8 Å². The van der Waals surface area contributed by atoms with E-state index in [-0.39, 0.29) is 0 Å². The van der Waals surface area contributed by atoms with Crippen LogP contribution in [0.5, 0.6) is 0 Å². The Morgan fingerprint density at radius 2 is 0.875 bits per heavy atom. The molecule has 0 saturated carbocycles. The lowest BCUT2D eigenvalue weighted by molar-refractivity contribution is 0.274. The van der Waals surface area contributed by atoms with E-state index in [9.17, 15) is 0 Å². The van der Waals surface area contributed by atoms with Crippen molar-refractivity contribution in [3.63, 3.8) is 0 Å². The summed E-state index contributed by atoms with van der Waals surface area (Å²) >= 11 is 0. The van der Waals surface area contributed by atoms with Crippen LogP contribution in [-0.4, -0.2) is 0 Å². The van der Waals surface area contributed by atoms with Crippen LogP contribution >= 0.6 is 0 Å². The minimum atomic E-state index is 0.991. The largest absolute Gasteiger partial charge is 0.0683 e. The van der Waals surface area contributed by atoms with Gasteiger partial charge >= 0.3 is 0 Å². The van der Waals surface area contributed by atoms with E-state index in [1.54, 1.807) is 0 Å². The first-order valence-corrected chi connectivity index (χ1v) is 7.79. The van der Waals surface area contributed by atoms with Crippen molar-refractivity contribution in [1.82, 2.24) is 0 Å². The Labute approximate surface area is 106 Å². The van der Waals surface area contributed by atoms with Crippen molar-refractivity contribution in [2.24, 2.45) is 11.8 Å². The normalized spacial score (nSPS) is 9.38. The minimum Gasteiger partial charge on any atom is -0.0683 e. The zero-order valence-electron chi connectivity index (χ0n) is 13.4. The molecule has 0 aromatic carbocycles. The van der Waals surface area contributed by atoms with Crippen molar-refractivity contribution in [2.75, 3.05) is 0 Å². The summed E-state index contributed by atoms with van der Waals surface area (Å²) < 4.78 is 0. The molecule has 0 N–H and O–H groups in total. The van der Waals surface area contributed by atoms with Gasteiger partial charge in [0.2, 0.25) is 0 Å². The molecule has 0 bridgehead atoms. The molecular formula is C16H38. The van der Waals surface area contributed by atoms with Gasteiger partial charge in [0, 0.05) is 0 Å². The average Bonchev–Trinajstić information content (AvgIpc) is 2.36. The quantitative estimate of drug-likeness (QED) is 0.457. The Balaban J connectivity index is -0.000000376. The van der Waals surface area contributed by atoms with Crippen molar-refractivity contribution in [3.8, 4) is 0 Å². The van der Waals surface area contributed by atoms with Gasteiger partial charge < -0.3 is 0 Å². The second-order valence-corrected chi connectivity index (χ2v) is 3.91. The lowest BCUT2D eigenvalue weighted by Gasteiger charge is -2.24. The summed E-state index contributed by atoms with van der Waals surface area (Å²) in [6.45, 7) is 17.3. The molecule has 0 amide bonds.